The number of nitrogens with one attached hydrogen (secondary N) is 1. The Kier molecular flexibility index (Phi) is 4.04. The van der Waals surface area contributed by atoms with E-state index >= 15 is 0 Å². The average molecular weight is 305 g/mol. The molecular weight excluding hydrogens is 286 g/mol. The maximum Gasteiger partial charge on any atom is 0.266 e. The SMILES string of the molecule is Cc1cc(C)nc(NN2C(=O)C[C@@H](N3CCOCC3)C2=O)n1. The number of carbonyl (C=O) groups excluding carboxylic acids is 2. The standard InChI is InChI=1S/C14H19N5O3/c1-9-7-10(2)16-14(15-9)17-19-12(20)8-11(13(19)21)18-3-5-22-6-4-18/h7,11H,3-6,8H2,1-2H3,(H,15,16,17)/t11-/m1/s1. The van der Waals surface area contributed by atoms with Gasteiger partial charge in [-0.3, -0.25) is 19.9 Å². The van der Waals surface area contributed by atoms with Crippen molar-refractivity contribution in [2.45, 2.75) is 26.3 Å². The normalized spacial score (nSPS) is 23.2. The van der Waals surface area contributed by atoms with Crippen LogP contribution < -0.4 is 5.43 Å². The summed E-state index contributed by atoms with van der Waals surface area (Å²) in [7, 11) is 0. The minimum absolute atomic E-state index is 0.177. The molecule has 0 unspecified atom stereocenters. The fourth-order valence-corrected chi connectivity index (χ4v) is 2.78. The van der Waals surface area contributed by atoms with E-state index in [2.05, 4.69) is 15.4 Å². The van der Waals surface area contributed by atoms with Gasteiger partial charge >= 0.3 is 0 Å². The monoisotopic (exact) mass is 305 g/mol. The van der Waals surface area contributed by atoms with Gasteiger partial charge in [-0.1, -0.05) is 0 Å². The number of nitrogens with zero attached hydrogens (tertiary/aromatic N) is 4. The van der Waals surface area contributed by atoms with Crippen LogP contribution in [0.15, 0.2) is 6.07 Å². The molecule has 2 saturated heterocycles. The number of hydrogen-bond acceptors (Lipinski definition) is 7. The molecule has 3 rings (SSSR count). The van der Waals surface area contributed by atoms with Crippen LogP contribution in [0.1, 0.15) is 17.8 Å². The van der Waals surface area contributed by atoms with Crippen LogP contribution in [-0.2, 0) is 14.3 Å². The zero-order chi connectivity index (χ0) is 15.7. The van der Waals surface area contributed by atoms with E-state index in [1.807, 2.05) is 24.8 Å². The molecule has 8 nitrogen and oxygen atoms in total. The molecule has 0 saturated carbocycles. The molecule has 0 radical (unpaired) electrons. The lowest BCUT2D eigenvalue weighted by Gasteiger charge is -2.30. The molecule has 0 bridgehead atoms. The van der Waals surface area contributed by atoms with E-state index in [0.29, 0.717) is 26.3 Å². The number of ether oxygens (including phenoxy) is 1. The molecule has 1 atom stereocenters. The van der Waals surface area contributed by atoms with Crippen LogP contribution in [0.5, 0.6) is 0 Å². The quantitative estimate of drug-likeness (QED) is 0.779. The second-order valence-corrected chi connectivity index (χ2v) is 5.52. The van der Waals surface area contributed by atoms with Gasteiger partial charge < -0.3 is 4.74 Å². The minimum atomic E-state index is -0.421. The van der Waals surface area contributed by atoms with E-state index in [-0.39, 0.29) is 24.2 Å². The van der Waals surface area contributed by atoms with Gasteiger partial charge in [0.2, 0.25) is 11.9 Å². The zero-order valence-electron chi connectivity index (χ0n) is 12.7. The zero-order valence-corrected chi connectivity index (χ0v) is 12.7. The summed E-state index contributed by atoms with van der Waals surface area (Å²) in [6.45, 7) is 6.18. The van der Waals surface area contributed by atoms with Crippen molar-refractivity contribution >= 4 is 17.8 Å². The fraction of sp³-hybridized carbons (Fsp3) is 0.571. The third-order valence-corrected chi connectivity index (χ3v) is 3.80. The number of morpholine rings is 1. The predicted molar refractivity (Wildman–Crippen MR) is 77.8 cm³/mol. The number of carbonyl (C=O) groups is 2. The lowest BCUT2D eigenvalue weighted by molar-refractivity contribution is -0.138. The predicted octanol–water partition coefficient (Wildman–Crippen LogP) is -0.120. The van der Waals surface area contributed by atoms with Crippen LogP contribution in [-0.4, -0.2) is 64.0 Å². The molecule has 2 fully saturated rings. The van der Waals surface area contributed by atoms with Gasteiger partial charge in [-0.25, -0.2) is 9.97 Å². The first-order valence-corrected chi connectivity index (χ1v) is 7.32. The van der Waals surface area contributed by atoms with Crippen LogP contribution >= 0.6 is 0 Å². The van der Waals surface area contributed by atoms with Gasteiger partial charge in [0.05, 0.1) is 19.6 Å². The Bertz CT molecular complexity index is 580. The van der Waals surface area contributed by atoms with Gasteiger partial charge in [0.25, 0.3) is 5.91 Å². The maximum atomic E-state index is 12.5. The highest BCUT2D eigenvalue weighted by atomic mass is 16.5. The topological polar surface area (TPSA) is 87.7 Å². The summed E-state index contributed by atoms with van der Waals surface area (Å²) < 4.78 is 5.28. The lowest BCUT2D eigenvalue weighted by atomic mass is 10.2. The number of aromatic nitrogens is 2. The van der Waals surface area contributed by atoms with E-state index in [4.69, 9.17) is 4.74 Å². The van der Waals surface area contributed by atoms with Crippen molar-refractivity contribution in [3.63, 3.8) is 0 Å². The number of rotatable bonds is 3. The molecule has 2 amide bonds. The molecule has 1 N–H and O–H groups in total. The van der Waals surface area contributed by atoms with Gasteiger partial charge in [-0.2, -0.15) is 5.01 Å². The molecule has 1 aromatic rings. The third kappa shape index (κ3) is 2.93. The number of hydrazine groups is 1. The second kappa shape index (κ2) is 5.98. The van der Waals surface area contributed by atoms with Crippen LogP contribution in [0.2, 0.25) is 0 Å². The van der Waals surface area contributed by atoms with E-state index in [1.54, 1.807) is 0 Å². The molecule has 2 aliphatic heterocycles. The molecule has 0 spiro atoms. The van der Waals surface area contributed by atoms with E-state index in [0.717, 1.165) is 16.4 Å². The molecule has 2 aliphatic rings. The summed E-state index contributed by atoms with van der Waals surface area (Å²) in [4.78, 5) is 35.0. The summed E-state index contributed by atoms with van der Waals surface area (Å²) in [6, 6.07) is 1.41. The Morgan fingerprint density at radius 1 is 1.18 bits per heavy atom. The largest absolute Gasteiger partial charge is 0.379 e. The molecule has 0 aliphatic carbocycles. The smallest absolute Gasteiger partial charge is 0.266 e. The van der Waals surface area contributed by atoms with Gasteiger partial charge in [0.1, 0.15) is 6.04 Å². The highest BCUT2D eigenvalue weighted by molar-refractivity contribution is 6.06. The van der Waals surface area contributed by atoms with Crippen molar-refractivity contribution in [1.82, 2.24) is 19.9 Å². The number of amides is 2. The number of aryl methyl sites for hydroxylation is 2. The lowest BCUT2D eigenvalue weighted by Crippen LogP contribution is -2.48. The number of hydrogen-bond donors (Lipinski definition) is 1. The number of anilines is 1. The highest BCUT2D eigenvalue weighted by Gasteiger charge is 2.43. The average Bonchev–Trinajstić information content (AvgIpc) is 2.75. The van der Waals surface area contributed by atoms with E-state index in [1.165, 1.54) is 0 Å². The Morgan fingerprint density at radius 2 is 1.82 bits per heavy atom. The van der Waals surface area contributed by atoms with Crippen molar-refractivity contribution in [3.05, 3.63) is 17.5 Å². The summed E-state index contributed by atoms with van der Waals surface area (Å²) in [5.41, 5.74) is 4.30. The van der Waals surface area contributed by atoms with Crippen molar-refractivity contribution < 1.29 is 14.3 Å². The van der Waals surface area contributed by atoms with Gasteiger partial charge in [-0.05, 0) is 19.9 Å². The summed E-state index contributed by atoms with van der Waals surface area (Å²) >= 11 is 0. The van der Waals surface area contributed by atoms with Crippen molar-refractivity contribution in [3.8, 4) is 0 Å². The molecule has 8 heteroatoms. The fourth-order valence-electron chi connectivity index (χ4n) is 2.78. The van der Waals surface area contributed by atoms with Crippen molar-refractivity contribution in [2.24, 2.45) is 0 Å². The Hall–Kier alpha value is -2.06. The Morgan fingerprint density at radius 3 is 2.45 bits per heavy atom. The van der Waals surface area contributed by atoms with Crippen molar-refractivity contribution in [2.75, 3.05) is 31.7 Å². The first-order chi connectivity index (χ1) is 10.5. The summed E-state index contributed by atoms with van der Waals surface area (Å²) in [6.07, 6.45) is 0.177. The molecule has 118 valence electrons. The molecular formula is C14H19N5O3. The minimum Gasteiger partial charge on any atom is -0.379 e. The van der Waals surface area contributed by atoms with Crippen LogP contribution in [0.4, 0.5) is 5.95 Å². The molecule has 0 aromatic carbocycles. The van der Waals surface area contributed by atoms with Crippen LogP contribution in [0, 0.1) is 13.8 Å². The van der Waals surface area contributed by atoms with Gasteiger partial charge in [0.15, 0.2) is 0 Å². The summed E-state index contributed by atoms with van der Waals surface area (Å²) in [5, 5.41) is 1.04. The molecule has 22 heavy (non-hydrogen) atoms. The van der Waals surface area contributed by atoms with Crippen LogP contribution in [0.3, 0.4) is 0 Å². The molecule has 3 heterocycles. The highest BCUT2D eigenvalue weighted by Crippen LogP contribution is 2.20. The summed E-state index contributed by atoms with van der Waals surface area (Å²) in [5.74, 6) is -0.249. The second-order valence-electron chi connectivity index (χ2n) is 5.52. The third-order valence-electron chi connectivity index (χ3n) is 3.80. The Balaban J connectivity index is 1.73. The van der Waals surface area contributed by atoms with Crippen molar-refractivity contribution in [1.29, 1.82) is 0 Å². The maximum absolute atomic E-state index is 12.5. The number of imide groups is 1. The van der Waals surface area contributed by atoms with Gasteiger partial charge in [0, 0.05) is 24.5 Å². The van der Waals surface area contributed by atoms with Gasteiger partial charge in [-0.15, -0.1) is 0 Å². The van der Waals surface area contributed by atoms with E-state index < -0.39 is 6.04 Å². The first-order valence-electron chi connectivity index (χ1n) is 7.32. The first kappa shape index (κ1) is 14.9. The Labute approximate surface area is 128 Å². The van der Waals surface area contributed by atoms with Crippen LogP contribution in [0.25, 0.3) is 0 Å². The molecule has 1 aromatic heterocycles. The van der Waals surface area contributed by atoms with E-state index in [9.17, 15) is 9.59 Å².